The van der Waals surface area contributed by atoms with Gasteiger partial charge in [0.25, 0.3) is 5.91 Å². The number of urea groups is 1. The number of anilines is 3. The average molecular weight is 438 g/mol. The highest BCUT2D eigenvalue weighted by Gasteiger charge is 2.27. The molecule has 1 fully saturated rings. The molecule has 0 unspecified atom stereocenters. The molecular formula is C25H22N6O2. The molecule has 5 rings (SSSR count). The molecular weight excluding hydrogens is 416 g/mol. The van der Waals surface area contributed by atoms with E-state index in [2.05, 4.69) is 31.1 Å². The molecule has 4 N–H and O–H groups in total. The van der Waals surface area contributed by atoms with Crippen LogP contribution >= 0.6 is 0 Å². The van der Waals surface area contributed by atoms with Crippen LogP contribution in [0.1, 0.15) is 34.9 Å². The molecule has 0 atom stereocenters. The first-order chi connectivity index (χ1) is 16.1. The summed E-state index contributed by atoms with van der Waals surface area (Å²) in [6.07, 6.45) is 2.30. The van der Waals surface area contributed by atoms with Crippen LogP contribution in [0.2, 0.25) is 0 Å². The van der Waals surface area contributed by atoms with Gasteiger partial charge in [-0.05, 0) is 61.4 Å². The fraction of sp³-hybridized carbons (Fsp3) is 0.120. The van der Waals surface area contributed by atoms with E-state index < -0.39 is 0 Å². The Bertz CT molecular complexity index is 1280. The summed E-state index contributed by atoms with van der Waals surface area (Å²) in [5.74, 6) is 1.79. The standard InChI is InChI=1S/C25H22N6O2/c32-24(17-11-13-20(14-12-17)28-25(33)27-19-6-2-1-3-7-19)26-21-8-4-5-18(15-21)23-29-22(30-31-23)16-9-10-16/h1-8,11-16H,9-10H2,(H,26,32)(H2,27,28,33)(H,29,30,31). The summed E-state index contributed by atoms with van der Waals surface area (Å²) < 4.78 is 0. The number of rotatable bonds is 6. The van der Waals surface area contributed by atoms with Gasteiger partial charge in [-0.25, -0.2) is 9.78 Å². The quantitative estimate of drug-likeness (QED) is 0.330. The zero-order valence-electron chi connectivity index (χ0n) is 17.7. The largest absolute Gasteiger partial charge is 0.323 e. The summed E-state index contributed by atoms with van der Waals surface area (Å²) in [5.41, 5.74) is 3.24. The molecule has 8 nitrogen and oxygen atoms in total. The van der Waals surface area contributed by atoms with Gasteiger partial charge >= 0.3 is 6.03 Å². The summed E-state index contributed by atoms with van der Waals surface area (Å²) in [7, 11) is 0. The molecule has 1 heterocycles. The smallest absolute Gasteiger partial charge is 0.322 e. The van der Waals surface area contributed by atoms with Gasteiger partial charge in [0.15, 0.2) is 5.82 Å². The number of hydrogen-bond donors (Lipinski definition) is 4. The number of hydrogen-bond acceptors (Lipinski definition) is 4. The lowest BCUT2D eigenvalue weighted by molar-refractivity contribution is 0.102. The van der Waals surface area contributed by atoms with Gasteiger partial charge in [0.05, 0.1) is 0 Å². The lowest BCUT2D eigenvalue weighted by Gasteiger charge is -2.09. The van der Waals surface area contributed by atoms with Crippen molar-refractivity contribution in [3.05, 3.63) is 90.3 Å². The second kappa shape index (κ2) is 8.96. The van der Waals surface area contributed by atoms with Gasteiger partial charge in [-0.1, -0.05) is 30.3 Å². The molecule has 33 heavy (non-hydrogen) atoms. The van der Waals surface area contributed by atoms with Crippen LogP contribution in [-0.4, -0.2) is 27.1 Å². The Labute approximate surface area is 190 Å². The molecule has 0 saturated heterocycles. The van der Waals surface area contributed by atoms with E-state index >= 15 is 0 Å². The van der Waals surface area contributed by atoms with Gasteiger partial charge in [-0.15, -0.1) is 0 Å². The molecule has 4 aromatic rings. The minimum Gasteiger partial charge on any atom is -0.322 e. The number of carbonyl (C=O) groups is 2. The van der Waals surface area contributed by atoms with Crippen molar-refractivity contribution in [3.63, 3.8) is 0 Å². The number of aromatic amines is 1. The molecule has 1 aliphatic carbocycles. The lowest BCUT2D eigenvalue weighted by atomic mass is 10.1. The number of para-hydroxylation sites is 1. The first kappa shape index (κ1) is 20.4. The monoisotopic (exact) mass is 438 g/mol. The van der Waals surface area contributed by atoms with Gasteiger partial charge < -0.3 is 16.0 Å². The van der Waals surface area contributed by atoms with Crippen LogP contribution in [0.3, 0.4) is 0 Å². The van der Waals surface area contributed by atoms with E-state index in [0.29, 0.717) is 34.4 Å². The van der Waals surface area contributed by atoms with Gasteiger partial charge in [0.2, 0.25) is 0 Å². The van der Waals surface area contributed by atoms with Crippen LogP contribution in [-0.2, 0) is 0 Å². The van der Waals surface area contributed by atoms with Crippen LogP contribution in [0.4, 0.5) is 21.9 Å². The Morgan fingerprint density at radius 3 is 2.21 bits per heavy atom. The van der Waals surface area contributed by atoms with Crippen molar-refractivity contribution in [2.24, 2.45) is 0 Å². The summed E-state index contributed by atoms with van der Waals surface area (Å²) in [4.78, 5) is 29.4. The maximum atomic E-state index is 12.7. The van der Waals surface area contributed by atoms with Crippen molar-refractivity contribution in [1.29, 1.82) is 0 Å². The van der Waals surface area contributed by atoms with E-state index in [4.69, 9.17) is 0 Å². The number of nitrogens with one attached hydrogen (secondary N) is 4. The molecule has 0 radical (unpaired) electrons. The predicted octanol–water partition coefficient (Wildman–Crippen LogP) is 5.25. The molecule has 1 aromatic heterocycles. The van der Waals surface area contributed by atoms with E-state index in [1.165, 1.54) is 0 Å². The first-order valence-electron chi connectivity index (χ1n) is 10.7. The van der Waals surface area contributed by atoms with Crippen LogP contribution in [0, 0.1) is 0 Å². The summed E-state index contributed by atoms with van der Waals surface area (Å²) >= 11 is 0. The molecule has 3 aromatic carbocycles. The Kier molecular flexibility index (Phi) is 5.55. The zero-order chi connectivity index (χ0) is 22.6. The number of nitrogens with zero attached hydrogens (tertiary/aromatic N) is 2. The third-order valence-electron chi connectivity index (χ3n) is 5.28. The minimum absolute atomic E-state index is 0.249. The number of benzene rings is 3. The third-order valence-corrected chi connectivity index (χ3v) is 5.28. The Hall–Kier alpha value is -4.46. The van der Waals surface area contributed by atoms with Gasteiger partial charge in [-0.2, -0.15) is 5.10 Å². The lowest BCUT2D eigenvalue weighted by Crippen LogP contribution is -2.19. The Balaban J connectivity index is 1.20. The molecule has 164 valence electrons. The minimum atomic E-state index is -0.355. The van der Waals surface area contributed by atoms with Crippen molar-refractivity contribution in [2.75, 3.05) is 16.0 Å². The highest BCUT2D eigenvalue weighted by atomic mass is 16.2. The zero-order valence-corrected chi connectivity index (χ0v) is 17.7. The van der Waals surface area contributed by atoms with E-state index in [0.717, 1.165) is 24.2 Å². The normalized spacial score (nSPS) is 12.7. The van der Waals surface area contributed by atoms with Gasteiger partial charge in [0.1, 0.15) is 5.82 Å². The summed E-state index contributed by atoms with van der Waals surface area (Å²) in [6.45, 7) is 0. The molecule has 8 heteroatoms. The van der Waals surface area contributed by atoms with Gasteiger partial charge in [-0.3, -0.25) is 9.89 Å². The second-order valence-electron chi connectivity index (χ2n) is 7.88. The maximum Gasteiger partial charge on any atom is 0.323 e. The average Bonchev–Trinajstić information content (AvgIpc) is 3.56. The van der Waals surface area contributed by atoms with Crippen LogP contribution in [0.15, 0.2) is 78.9 Å². The highest BCUT2D eigenvalue weighted by molar-refractivity contribution is 6.05. The second-order valence-corrected chi connectivity index (χ2v) is 7.88. The highest BCUT2D eigenvalue weighted by Crippen LogP contribution is 2.38. The van der Waals surface area contributed by atoms with Crippen LogP contribution in [0.5, 0.6) is 0 Å². The molecule has 0 spiro atoms. The van der Waals surface area contributed by atoms with Crippen molar-refractivity contribution in [2.45, 2.75) is 18.8 Å². The van der Waals surface area contributed by atoms with E-state index in [9.17, 15) is 9.59 Å². The van der Waals surface area contributed by atoms with Crippen LogP contribution < -0.4 is 16.0 Å². The van der Waals surface area contributed by atoms with Crippen molar-refractivity contribution in [3.8, 4) is 11.4 Å². The van der Waals surface area contributed by atoms with E-state index in [1.54, 1.807) is 36.4 Å². The third kappa shape index (κ3) is 5.07. The Morgan fingerprint density at radius 1 is 0.788 bits per heavy atom. The van der Waals surface area contributed by atoms with E-state index in [1.807, 2.05) is 42.5 Å². The SMILES string of the molecule is O=C(Nc1ccccc1)Nc1ccc(C(=O)Nc2cccc(-c3n[nH]c(C4CC4)n3)c2)cc1. The van der Waals surface area contributed by atoms with Crippen LogP contribution in [0.25, 0.3) is 11.4 Å². The molecule has 1 aliphatic rings. The molecule has 0 aliphatic heterocycles. The van der Waals surface area contributed by atoms with Crippen molar-refractivity contribution < 1.29 is 9.59 Å². The predicted molar refractivity (Wildman–Crippen MR) is 127 cm³/mol. The van der Waals surface area contributed by atoms with E-state index in [-0.39, 0.29) is 11.9 Å². The number of carbonyl (C=O) groups excluding carboxylic acids is 2. The number of amides is 3. The fourth-order valence-electron chi connectivity index (χ4n) is 3.40. The number of aromatic nitrogens is 3. The summed E-state index contributed by atoms with van der Waals surface area (Å²) in [5, 5.41) is 15.7. The fourth-order valence-corrected chi connectivity index (χ4v) is 3.40. The van der Waals surface area contributed by atoms with Crippen molar-refractivity contribution in [1.82, 2.24) is 15.2 Å². The Morgan fingerprint density at radius 2 is 1.48 bits per heavy atom. The molecule has 0 bridgehead atoms. The number of H-pyrrole nitrogens is 1. The molecule has 1 saturated carbocycles. The molecule has 3 amide bonds. The maximum absolute atomic E-state index is 12.7. The summed E-state index contributed by atoms with van der Waals surface area (Å²) in [6, 6.07) is 22.9. The van der Waals surface area contributed by atoms with Gasteiger partial charge in [0, 0.05) is 34.1 Å². The first-order valence-corrected chi connectivity index (χ1v) is 10.7. The van der Waals surface area contributed by atoms with Crippen molar-refractivity contribution >= 4 is 29.0 Å². The topological polar surface area (TPSA) is 112 Å².